The van der Waals surface area contributed by atoms with Gasteiger partial charge in [0, 0.05) is 32.1 Å². The first-order valence-corrected chi connectivity index (χ1v) is 11.5. The zero-order chi connectivity index (χ0) is 21.6. The highest BCUT2D eigenvalue weighted by atomic mass is 35.5. The van der Waals surface area contributed by atoms with E-state index < -0.39 is 17.7 Å². The normalized spacial score (nSPS) is 24.0. The van der Waals surface area contributed by atoms with E-state index in [1.54, 1.807) is 4.90 Å². The van der Waals surface area contributed by atoms with Crippen molar-refractivity contribution in [2.24, 2.45) is 5.92 Å². The van der Waals surface area contributed by atoms with Crippen LogP contribution in [0.25, 0.3) is 11.1 Å². The van der Waals surface area contributed by atoms with Gasteiger partial charge in [-0.25, -0.2) is 8.78 Å². The number of halogens is 3. The number of alkyl halides is 2. The summed E-state index contributed by atoms with van der Waals surface area (Å²) in [6, 6.07) is 15.9. The molecule has 3 aliphatic rings. The van der Waals surface area contributed by atoms with Gasteiger partial charge >= 0.3 is 0 Å². The summed E-state index contributed by atoms with van der Waals surface area (Å²) in [5.41, 5.74) is 6.02. The summed E-state index contributed by atoms with van der Waals surface area (Å²) in [6.07, 6.45) is 4.15. The molecule has 1 aliphatic carbocycles. The SMILES string of the molecule is CC1CCCN1CCc1ccc(-c2ccc3c(c2)CCN(C(=O)C2CC2(F)F)C3)cc1.Cl. The van der Waals surface area contributed by atoms with Crippen LogP contribution in [-0.4, -0.2) is 47.3 Å². The monoisotopic (exact) mass is 460 g/mol. The molecule has 3 nitrogen and oxygen atoms in total. The standard InChI is InChI=1S/C26H30F2N2O.ClH/c1-18-3-2-12-29(18)13-10-19-4-6-20(7-5-19)21-8-9-23-17-30(14-11-22(23)15-21)25(31)24-16-26(24,27)28;/h4-9,15,18,24H,2-3,10-14,16-17H2,1H3;1H. The highest BCUT2D eigenvalue weighted by molar-refractivity contribution is 5.85. The topological polar surface area (TPSA) is 23.6 Å². The van der Waals surface area contributed by atoms with E-state index in [4.69, 9.17) is 0 Å². The number of fused-ring (bicyclic) bond motifs is 1. The number of rotatable bonds is 5. The number of hydrogen-bond acceptors (Lipinski definition) is 2. The summed E-state index contributed by atoms with van der Waals surface area (Å²) in [4.78, 5) is 16.5. The molecule has 0 spiro atoms. The lowest BCUT2D eigenvalue weighted by atomic mass is 9.94. The van der Waals surface area contributed by atoms with E-state index in [2.05, 4.69) is 54.3 Å². The van der Waals surface area contributed by atoms with Gasteiger partial charge in [0.05, 0.1) is 0 Å². The van der Waals surface area contributed by atoms with Gasteiger partial charge in [-0.2, -0.15) is 0 Å². The minimum atomic E-state index is -2.79. The number of benzene rings is 2. The van der Waals surface area contributed by atoms with Crippen LogP contribution in [0.4, 0.5) is 8.78 Å². The molecule has 2 heterocycles. The van der Waals surface area contributed by atoms with Crippen molar-refractivity contribution in [2.45, 2.75) is 57.5 Å². The maximum Gasteiger partial charge on any atom is 0.260 e. The van der Waals surface area contributed by atoms with Crippen LogP contribution in [-0.2, 0) is 24.2 Å². The molecule has 2 unspecified atom stereocenters. The van der Waals surface area contributed by atoms with Crippen LogP contribution in [0.5, 0.6) is 0 Å². The number of amides is 1. The first-order valence-electron chi connectivity index (χ1n) is 11.5. The lowest BCUT2D eigenvalue weighted by Crippen LogP contribution is -2.37. The molecule has 1 amide bonds. The Bertz CT molecular complexity index is 978. The highest BCUT2D eigenvalue weighted by Gasteiger charge is 2.62. The van der Waals surface area contributed by atoms with E-state index >= 15 is 0 Å². The van der Waals surface area contributed by atoms with E-state index in [1.807, 2.05) is 0 Å². The maximum absolute atomic E-state index is 13.3. The number of carbonyl (C=O) groups is 1. The van der Waals surface area contributed by atoms with Gasteiger partial charge < -0.3 is 9.80 Å². The Morgan fingerprint density at radius 3 is 2.44 bits per heavy atom. The molecule has 2 aromatic rings. The summed E-state index contributed by atoms with van der Waals surface area (Å²) >= 11 is 0. The summed E-state index contributed by atoms with van der Waals surface area (Å²) < 4.78 is 26.5. The second kappa shape index (κ2) is 9.11. The zero-order valence-corrected chi connectivity index (χ0v) is 19.3. The lowest BCUT2D eigenvalue weighted by Gasteiger charge is -2.29. The second-order valence-corrected chi connectivity index (χ2v) is 9.49. The fourth-order valence-electron chi connectivity index (χ4n) is 5.08. The van der Waals surface area contributed by atoms with E-state index in [0.29, 0.717) is 19.1 Å². The average molecular weight is 461 g/mol. The molecule has 0 N–H and O–H groups in total. The first-order chi connectivity index (χ1) is 14.9. The molecule has 2 aliphatic heterocycles. The highest BCUT2D eigenvalue weighted by Crippen LogP contribution is 2.49. The average Bonchev–Trinajstić information content (AvgIpc) is 3.22. The van der Waals surface area contributed by atoms with Gasteiger partial charge in [-0.05, 0) is 67.0 Å². The number of hydrogen-bond donors (Lipinski definition) is 0. The minimum Gasteiger partial charge on any atom is -0.338 e. The Labute approximate surface area is 195 Å². The zero-order valence-electron chi connectivity index (χ0n) is 18.5. The molecule has 0 radical (unpaired) electrons. The predicted molar refractivity (Wildman–Crippen MR) is 125 cm³/mol. The fourth-order valence-corrected chi connectivity index (χ4v) is 5.08. The number of carbonyl (C=O) groups excluding carboxylic acids is 1. The quantitative estimate of drug-likeness (QED) is 0.601. The van der Waals surface area contributed by atoms with Crippen molar-refractivity contribution in [3.8, 4) is 11.1 Å². The Balaban J connectivity index is 0.00000245. The summed E-state index contributed by atoms with van der Waals surface area (Å²) in [7, 11) is 0. The second-order valence-electron chi connectivity index (χ2n) is 9.49. The fraction of sp³-hybridized carbons (Fsp3) is 0.500. The largest absolute Gasteiger partial charge is 0.338 e. The van der Waals surface area contributed by atoms with Crippen LogP contribution in [0.15, 0.2) is 42.5 Å². The Kier molecular flexibility index (Phi) is 6.60. The van der Waals surface area contributed by atoms with Crippen LogP contribution < -0.4 is 0 Å². The number of nitrogens with zero attached hydrogens (tertiary/aromatic N) is 2. The molecule has 0 aromatic heterocycles. The first kappa shape index (κ1) is 23.2. The smallest absolute Gasteiger partial charge is 0.260 e. The van der Waals surface area contributed by atoms with Crippen molar-refractivity contribution in [3.05, 3.63) is 59.2 Å². The Morgan fingerprint density at radius 2 is 1.78 bits per heavy atom. The van der Waals surface area contributed by atoms with Crippen LogP contribution in [0.2, 0.25) is 0 Å². The molecule has 2 aromatic carbocycles. The van der Waals surface area contributed by atoms with Gasteiger partial charge in [0.1, 0.15) is 5.92 Å². The van der Waals surface area contributed by atoms with Crippen molar-refractivity contribution in [2.75, 3.05) is 19.6 Å². The molecule has 32 heavy (non-hydrogen) atoms. The predicted octanol–water partition coefficient (Wildman–Crippen LogP) is 5.34. The molecular formula is C26H31ClF2N2O. The third-order valence-corrected chi connectivity index (χ3v) is 7.32. The van der Waals surface area contributed by atoms with Crippen LogP contribution in [0.3, 0.4) is 0 Å². The van der Waals surface area contributed by atoms with Crippen LogP contribution in [0.1, 0.15) is 42.9 Å². The Morgan fingerprint density at radius 1 is 1.06 bits per heavy atom. The third kappa shape index (κ3) is 4.69. The van der Waals surface area contributed by atoms with Gasteiger partial charge in [0.25, 0.3) is 5.92 Å². The van der Waals surface area contributed by atoms with Gasteiger partial charge in [-0.1, -0.05) is 42.5 Å². The van der Waals surface area contributed by atoms with E-state index in [0.717, 1.165) is 24.9 Å². The van der Waals surface area contributed by atoms with Crippen molar-refractivity contribution in [1.82, 2.24) is 9.80 Å². The van der Waals surface area contributed by atoms with Crippen molar-refractivity contribution in [1.29, 1.82) is 0 Å². The summed E-state index contributed by atoms with van der Waals surface area (Å²) in [5.74, 6) is -4.28. The van der Waals surface area contributed by atoms with E-state index in [-0.39, 0.29) is 18.8 Å². The van der Waals surface area contributed by atoms with Gasteiger partial charge in [0.15, 0.2) is 0 Å². The van der Waals surface area contributed by atoms with Crippen molar-refractivity contribution < 1.29 is 13.6 Å². The molecular weight excluding hydrogens is 430 g/mol. The van der Waals surface area contributed by atoms with Gasteiger partial charge in [-0.15, -0.1) is 12.4 Å². The van der Waals surface area contributed by atoms with E-state index in [9.17, 15) is 13.6 Å². The minimum absolute atomic E-state index is 0. The number of likely N-dealkylation sites (tertiary alicyclic amines) is 1. The van der Waals surface area contributed by atoms with Crippen LogP contribution in [0, 0.1) is 5.92 Å². The summed E-state index contributed by atoms with van der Waals surface area (Å²) in [6.45, 7) is 5.63. The molecule has 1 saturated carbocycles. The molecule has 2 fully saturated rings. The maximum atomic E-state index is 13.3. The molecule has 172 valence electrons. The van der Waals surface area contributed by atoms with Crippen molar-refractivity contribution >= 4 is 18.3 Å². The van der Waals surface area contributed by atoms with E-state index in [1.165, 1.54) is 41.6 Å². The third-order valence-electron chi connectivity index (χ3n) is 7.32. The summed E-state index contributed by atoms with van der Waals surface area (Å²) in [5, 5.41) is 0. The molecule has 6 heteroatoms. The van der Waals surface area contributed by atoms with Gasteiger partial charge in [-0.3, -0.25) is 4.79 Å². The van der Waals surface area contributed by atoms with Crippen LogP contribution >= 0.6 is 12.4 Å². The van der Waals surface area contributed by atoms with Crippen molar-refractivity contribution in [3.63, 3.8) is 0 Å². The molecule has 5 rings (SSSR count). The molecule has 0 bridgehead atoms. The lowest BCUT2D eigenvalue weighted by molar-refractivity contribution is -0.135. The molecule has 2 atom stereocenters. The Hall–Kier alpha value is -1.98. The van der Waals surface area contributed by atoms with Gasteiger partial charge in [0.2, 0.25) is 5.91 Å². The molecule has 1 saturated heterocycles.